The van der Waals surface area contributed by atoms with Gasteiger partial charge in [0, 0.05) is 41.3 Å². The number of nitrogens with zero attached hydrogens (tertiary/aromatic N) is 2. The third-order valence-corrected chi connectivity index (χ3v) is 9.04. The molecule has 1 amide bonds. The second-order valence-corrected chi connectivity index (χ2v) is 11.4. The Morgan fingerprint density at radius 1 is 1.25 bits per heavy atom. The largest absolute Gasteiger partial charge is 0.487 e. The van der Waals surface area contributed by atoms with Crippen molar-refractivity contribution in [1.82, 2.24) is 14.6 Å². The average Bonchev–Trinajstić information content (AvgIpc) is 3.33. The topological polar surface area (TPSA) is 115 Å². The molecule has 11 heteroatoms. The van der Waals surface area contributed by atoms with Gasteiger partial charge in [-0.3, -0.25) is 4.79 Å². The summed E-state index contributed by atoms with van der Waals surface area (Å²) in [6, 6.07) is 9.65. The molecule has 36 heavy (non-hydrogen) atoms. The molecule has 1 aromatic heterocycles. The van der Waals surface area contributed by atoms with Crippen molar-refractivity contribution in [2.45, 2.75) is 44.2 Å². The number of pyridine rings is 1. The molecule has 8 nitrogen and oxygen atoms in total. The number of ether oxygens (including phenoxy) is 1. The first-order chi connectivity index (χ1) is 17.1. The predicted octanol–water partition coefficient (Wildman–Crippen LogP) is 3.97. The molecule has 1 unspecified atom stereocenters. The summed E-state index contributed by atoms with van der Waals surface area (Å²) in [7, 11) is -4.07. The number of sulfonamides is 1. The number of halogens is 2. The summed E-state index contributed by atoms with van der Waals surface area (Å²) in [5.74, 6) is 0.167. The Hall–Kier alpha value is -2.43. The zero-order chi connectivity index (χ0) is 26.0. The fraction of sp³-hybridized carbons (Fsp3) is 0.360. The number of aromatic nitrogens is 1. The maximum absolute atomic E-state index is 13.6. The molecular weight excluding hydrogens is 523 g/mol. The van der Waals surface area contributed by atoms with E-state index in [2.05, 4.69) is 10.3 Å². The number of benzene rings is 2. The maximum atomic E-state index is 13.6. The van der Waals surface area contributed by atoms with Crippen molar-refractivity contribution >= 4 is 50.0 Å². The monoisotopic (exact) mass is 550 g/mol. The molecule has 1 saturated heterocycles. The summed E-state index contributed by atoms with van der Waals surface area (Å²) in [5, 5.41) is 3.88. The molecule has 0 aliphatic carbocycles. The van der Waals surface area contributed by atoms with Crippen LogP contribution in [-0.4, -0.2) is 49.3 Å². The molecule has 192 valence electrons. The fourth-order valence-electron chi connectivity index (χ4n) is 4.46. The van der Waals surface area contributed by atoms with Crippen LogP contribution in [0.5, 0.6) is 5.75 Å². The van der Waals surface area contributed by atoms with E-state index >= 15 is 0 Å². The smallest absolute Gasteiger partial charge is 0.245 e. The molecule has 1 aliphatic rings. The third kappa shape index (κ3) is 5.17. The Kier molecular flexibility index (Phi) is 8.06. The van der Waals surface area contributed by atoms with Crippen LogP contribution < -0.4 is 15.8 Å². The van der Waals surface area contributed by atoms with Crippen LogP contribution in [0.15, 0.2) is 41.3 Å². The van der Waals surface area contributed by atoms with Crippen LogP contribution in [0.25, 0.3) is 10.9 Å². The van der Waals surface area contributed by atoms with Crippen LogP contribution in [0.1, 0.15) is 29.7 Å². The summed E-state index contributed by atoms with van der Waals surface area (Å²) in [6.07, 6.45) is 0.984. The first-order valence-electron chi connectivity index (χ1n) is 11.6. The number of amides is 1. The van der Waals surface area contributed by atoms with E-state index in [1.54, 1.807) is 6.07 Å². The Morgan fingerprint density at radius 3 is 2.78 bits per heavy atom. The summed E-state index contributed by atoms with van der Waals surface area (Å²) < 4.78 is 34.4. The standard InChI is InChI=1S/C25H28Cl2N4O4S/c1-15-13-16(2)30-24-17(15)5-3-7-21(24)35-14-18-19(26)8-9-22(23(18)27)36(33,34)31-12-4-6-20(31)25(32)29-11-10-28/h3,5,7-9,13,20H,4,6,10-12,14,28H2,1-2H3,(H,29,32). The van der Waals surface area contributed by atoms with Gasteiger partial charge in [0.25, 0.3) is 0 Å². The molecule has 1 atom stereocenters. The van der Waals surface area contributed by atoms with E-state index in [-0.39, 0.29) is 47.1 Å². The maximum Gasteiger partial charge on any atom is 0.245 e. The number of para-hydroxylation sites is 1. The zero-order valence-electron chi connectivity index (χ0n) is 20.1. The summed E-state index contributed by atoms with van der Waals surface area (Å²) in [6.45, 7) is 4.61. The van der Waals surface area contributed by atoms with Crippen molar-refractivity contribution in [2.24, 2.45) is 5.73 Å². The normalized spacial score (nSPS) is 16.4. The van der Waals surface area contributed by atoms with Crippen LogP contribution in [-0.2, 0) is 21.4 Å². The van der Waals surface area contributed by atoms with E-state index in [0.29, 0.717) is 29.7 Å². The van der Waals surface area contributed by atoms with Gasteiger partial charge in [-0.2, -0.15) is 4.31 Å². The van der Waals surface area contributed by atoms with Gasteiger partial charge in [-0.1, -0.05) is 35.3 Å². The van der Waals surface area contributed by atoms with Gasteiger partial charge >= 0.3 is 0 Å². The summed E-state index contributed by atoms with van der Waals surface area (Å²) in [5.41, 5.74) is 8.43. The lowest BCUT2D eigenvalue weighted by molar-refractivity contribution is -0.124. The lowest BCUT2D eigenvalue weighted by atomic mass is 10.1. The number of carbonyl (C=O) groups is 1. The zero-order valence-corrected chi connectivity index (χ0v) is 22.4. The minimum absolute atomic E-state index is 0.0314. The Balaban J connectivity index is 1.64. The van der Waals surface area contributed by atoms with Crippen molar-refractivity contribution in [3.63, 3.8) is 0 Å². The number of fused-ring (bicyclic) bond motifs is 1. The molecule has 0 radical (unpaired) electrons. The lowest BCUT2D eigenvalue weighted by Gasteiger charge is -2.24. The molecule has 1 fully saturated rings. The molecule has 4 rings (SSSR count). The van der Waals surface area contributed by atoms with Gasteiger partial charge in [-0.05, 0) is 56.5 Å². The number of hydrogen-bond acceptors (Lipinski definition) is 6. The van der Waals surface area contributed by atoms with Crippen molar-refractivity contribution in [2.75, 3.05) is 19.6 Å². The van der Waals surface area contributed by atoms with Crippen molar-refractivity contribution in [3.05, 3.63) is 63.3 Å². The van der Waals surface area contributed by atoms with E-state index in [1.165, 1.54) is 16.4 Å². The summed E-state index contributed by atoms with van der Waals surface area (Å²) in [4.78, 5) is 17.1. The summed E-state index contributed by atoms with van der Waals surface area (Å²) >= 11 is 13.0. The first kappa shape index (κ1) is 26.6. The third-order valence-electron chi connectivity index (χ3n) is 6.20. The van der Waals surface area contributed by atoms with E-state index in [9.17, 15) is 13.2 Å². The van der Waals surface area contributed by atoms with Gasteiger partial charge in [0.2, 0.25) is 15.9 Å². The minimum Gasteiger partial charge on any atom is -0.487 e. The molecule has 0 bridgehead atoms. The van der Waals surface area contributed by atoms with Gasteiger partial charge in [0.05, 0.1) is 5.02 Å². The van der Waals surface area contributed by atoms with Gasteiger partial charge in [0.1, 0.15) is 28.8 Å². The number of hydrogen-bond donors (Lipinski definition) is 2. The van der Waals surface area contributed by atoms with Crippen LogP contribution in [0.3, 0.4) is 0 Å². The quantitative estimate of drug-likeness (QED) is 0.438. The van der Waals surface area contributed by atoms with Gasteiger partial charge in [-0.15, -0.1) is 0 Å². The molecule has 1 aliphatic heterocycles. The van der Waals surface area contributed by atoms with Crippen LogP contribution in [0.4, 0.5) is 0 Å². The molecule has 3 N–H and O–H groups in total. The number of carbonyl (C=O) groups excluding carboxylic acids is 1. The Labute approximate surface area is 220 Å². The molecular formula is C25H28Cl2N4O4S. The Bertz CT molecular complexity index is 1410. The van der Waals surface area contributed by atoms with Crippen molar-refractivity contribution in [1.29, 1.82) is 0 Å². The lowest BCUT2D eigenvalue weighted by Crippen LogP contribution is -2.46. The van der Waals surface area contributed by atoms with Crippen molar-refractivity contribution < 1.29 is 17.9 Å². The predicted molar refractivity (Wildman–Crippen MR) is 141 cm³/mol. The molecule has 0 spiro atoms. The van der Waals surface area contributed by atoms with Crippen LogP contribution in [0, 0.1) is 13.8 Å². The molecule has 2 heterocycles. The second kappa shape index (κ2) is 10.9. The van der Waals surface area contributed by atoms with E-state index in [0.717, 1.165) is 16.6 Å². The first-order valence-corrected chi connectivity index (χ1v) is 13.8. The van der Waals surface area contributed by atoms with E-state index < -0.39 is 16.1 Å². The number of rotatable bonds is 8. The number of aryl methyl sites for hydroxylation is 2. The Morgan fingerprint density at radius 2 is 2.03 bits per heavy atom. The van der Waals surface area contributed by atoms with E-state index in [1.807, 2.05) is 32.0 Å². The molecule has 0 saturated carbocycles. The second-order valence-electron chi connectivity index (χ2n) is 8.71. The molecule has 2 aromatic carbocycles. The SMILES string of the molecule is Cc1cc(C)c2cccc(OCc3c(Cl)ccc(S(=O)(=O)N4CCCC4C(=O)NCCN)c3Cl)c2n1. The van der Waals surface area contributed by atoms with Crippen LogP contribution >= 0.6 is 23.2 Å². The van der Waals surface area contributed by atoms with Crippen LogP contribution in [0.2, 0.25) is 10.0 Å². The van der Waals surface area contributed by atoms with Crippen molar-refractivity contribution in [3.8, 4) is 5.75 Å². The number of nitrogens with two attached hydrogens (primary N) is 1. The fourth-order valence-corrected chi connectivity index (χ4v) is 6.98. The molecule has 3 aromatic rings. The van der Waals surface area contributed by atoms with Gasteiger partial charge in [-0.25, -0.2) is 13.4 Å². The highest BCUT2D eigenvalue weighted by Gasteiger charge is 2.40. The van der Waals surface area contributed by atoms with Gasteiger partial charge in [0.15, 0.2) is 0 Å². The van der Waals surface area contributed by atoms with E-state index in [4.69, 9.17) is 33.7 Å². The highest BCUT2D eigenvalue weighted by atomic mass is 35.5. The highest BCUT2D eigenvalue weighted by molar-refractivity contribution is 7.89. The minimum atomic E-state index is -4.07. The highest BCUT2D eigenvalue weighted by Crippen LogP contribution is 2.36. The average molecular weight is 551 g/mol. The number of nitrogens with one attached hydrogen (secondary N) is 1. The van der Waals surface area contributed by atoms with Gasteiger partial charge < -0.3 is 15.8 Å².